The van der Waals surface area contributed by atoms with E-state index in [1.807, 2.05) is 26.0 Å². The molecule has 1 aromatic rings. The van der Waals surface area contributed by atoms with Crippen molar-refractivity contribution in [3.63, 3.8) is 0 Å². The van der Waals surface area contributed by atoms with Crippen molar-refractivity contribution in [3.8, 4) is 0 Å². The normalized spacial score (nSPS) is 9.93. The Kier molecular flexibility index (Phi) is 4.31. The summed E-state index contributed by atoms with van der Waals surface area (Å²) in [5.41, 5.74) is 0.944. The van der Waals surface area contributed by atoms with Gasteiger partial charge in [0.2, 0.25) is 5.91 Å². The molecule has 4 heteroatoms. The van der Waals surface area contributed by atoms with Crippen molar-refractivity contribution in [2.24, 2.45) is 0 Å². The standard InChI is InChI=1S/C10H13IN2O/c1-3-4-10(14)13-9-6-5-8(11)7(2)12-9/h5-6H,3-4H2,1-2H3,(H,12,13,14). The average molecular weight is 304 g/mol. The molecule has 3 nitrogen and oxygen atoms in total. The van der Waals surface area contributed by atoms with E-state index in [0.717, 1.165) is 15.7 Å². The highest BCUT2D eigenvalue weighted by Crippen LogP contribution is 2.12. The number of hydrogen-bond donors (Lipinski definition) is 1. The van der Waals surface area contributed by atoms with Gasteiger partial charge in [0.15, 0.2) is 0 Å². The monoisotopic (exact) mass is 304 g/mol. The molecular formula is C10H13IN2O. The molecule has 0 atom stereocenters. The van der Waals surface area contributed by atoms with Crippen LogP contribution in [0, 0.1) is 10.5 Å². The summed E-state index contributed by atoms with van der Waals surface area (Å²) in [6.07, 6.45) is 1.40. The summed E-state index contributed by atoms with van der Waals surface area (Å²) < 4.78 is 1.11. The molecule has 0 bridgehead atoms. The van der Waals surface area contributed by atoms with Gasteiger partial charge < -0.3 is 5.32 Å². The maximum absolute atomic E-state index is 11.3. The molecule has 1 heterocycles. The highest BCUT2D eigenvalue weighted by atomic mass is 127. The second-order valence-corrected chi connectivity index (χ2v) is 4.22. The van der Waals surface area contributed by atoms with Gasteiger partial charge in [-0.15, -0.1) is 0 Å². The highest BCUT2D eigenvalue weighted by molar-refractivity contribution is 14.1. The first-order chi connectivity index (χ1) is 6.63. The highest BCUT2D eigenvalue weighted by Gasteiger charge is 2.02. The topological polar surface area (TPSA) is 42.0 Å². The third kappa shape index (κ3) is 3.25. The number of amides is 1. The molecular weight excluding hydrogens is 291 g/mol. The van der Waals surface area contributed by atoms with Gasteiger partial charge in [0.25, 0.3) is 0 Å². The first kappa shape index (κ1) is 11.4. The van der Waals surface area contributed by atoms with Gasteiger partial charge in [-0.05, 0) is 48.1 Å². The Morgan fingerprint density at radius 2 is 2.29 bits per heavy atom. The van der Waals surface area contributed by atoms with Crippen LogP contribution in [0.4, 0.5) is 5.82 Å². The summed E-state index contributed by atoms with van der Waals surface area (Å²) in [4.78, 5) is 15.5. The van der Waals surface area contributed by atoms with Crippen LogP contribution in [0.15, 0.2) is 12.1 Å². The Morgan fingerprint density at radius 1 is 1.57 bits per heavy atom. The van der Waals surface area contributed by atoms with Crippen molar-refractivity contribution < 1.29 is 4.79 Å². The van der Waals surface area contributed by atoms with Gasteiger partial charge in [-0.3, -0.25) is 4.79 Å². The Hall–Kier alpha value is -0.650. The van der Waals surface area contributed by atoms with E-state index in [1.54, 1.807) is 0 Å². The first-order valence-electron chi connectivity index (χ1n) is 4.56. The summed E-state index contributed by atoms with van der Waals surface area (Å²) in [7, 11) is 0. The molecule has 14 heavy (non-hydrogen) atoms. The summed E-state index contributed by atoms with van der Waals surface area (Å²) in [5.74, 6) is 0.668. The van der Waals surface area contributed by atoms with Gasteiger partial charge in [-0.1, -0.05) is 6.92 Å². The number of aryl methyl sites for hydroxylation is 1. The fourth-order valence-corrected chi connectivity index (χ4v) is 1.35. The SMILES string of the molecule is CCCC(=O)Nc1ccc(I)c(C)n1. The smallest absolute Gasteiger partial charge is 0.225 e. The maximum Gasteiger partial charge on any atom is 0.225 e. The molecule has 1 aromatic heterocycles. The molecule has 0 spiro atoms. The molecule has 0 aliphatic carbocycles. The zero-order valence-corrected chi connectivity index (χ0v) is 10.5. The molecule has 0 aliphatic heterocycles. The van der Waals surface area contributed by atoms with Crippen LogP contribution in [0.25, 0.3) is 0 Å². The zero-order valence-electron chi connectivity index (χ0n) is 8.30. The predicted molar refractivity (Wildman–Crippen MR) is 65.2 cm³/mol. The number of anilines is 1. The van der Waals surface area contributed by atoms with Crippen LogP contribution in [0.3, 0.4) is 0 Å². The zero-order chi connectivity index (χ0) is 10.6. The minimum Gasteiger partial charge on any atom is -0.311 e. The lowest BCUT2D eigenvalue weighted by Crippen LogP contribution is -2.12. The van der Waals surface area contributed by atoms with Crippen LogP contribution < -0.4 is 5.32 Å². The Morgan fingerprint density at radius 3 is 2.86 bits per heavy atom. The van der Waals surface area contributed by atoms with Crippen LogP contribution in [-0.2, 0) is 4.79 Å². The lowest BCUT2D eigenvalue weighted by Gasteiger charge is -2.04. The maximum atomic E-state index is 11.3. The number of aromatic nitrogens is 1. The quantitative estimate of drug-likeness (QED) is 0.873. The fraction of sp³-hybridized carbons (Fsp3) is 0.400. The van der Waals surface area contributed by atoms with Crippen LogP contribution in [0.5, 0.6) is 0 Å². The van der Waals surface area contributed by atoms with E-state index in [-0.39, 0.29) is 5.91 Å². The van der Waals surface area contributed by atoms with Crippen LogP contribution in [-0.4, -0.2) is 10.9 Å². The average Bonchev–Trinajstić information content (AvgIpc) is 2.12. The Balaban J connectivity index is 2.68. The number of nitrogens with zero attached hydrogens (tertiary/aromatic N) is 1. The molecule has 0 aromatic carbocycles. The summed E-state index contributed by atoms with van der Waals surface area (Å²) in [6, 6.07) is 3.77. The van der Waals surface area contributed by atoms with Crippen molar-refractivity contribution in [2.75, 3.05) is 5.32 Å². The number of rotatable bonds is 3. The van der Waals surface area contributed by atoms with Crippen molar-refractivity contribution in [3.05, 3.63) is 21.4 Å². The summed E-state index contributed by atoms with van der Waals surface area (Å²) >= 11 is 2.22. The first-order valence-corrected chi connectivity index (χ1v) is 5.64. The third-order valence-corrected chi connectivity index (χ3v) is 2.91. The van der Waals surface area contributed by atoms with Gasteiger partial charge >= 0.3 is 0 Å². The van der Waals surface area contributed by atoms with Gasteiger partial charge in [-0.25, -0.2) is 4.98 Å². The van der Waals surface area contributed by atoms with Crippen LogP contribution in [0.1, 0.15) is 25.5 Å². The van der Waals surface area contributed by atoms with E-state index in [4.69, 9.17) is 0 Å². The third-order valence-electron chi connectivity index (χ3n) is 1.77. The lowest BCUT2D eigenvalue weighted by atomic mass is 10.3. The second kappa shape index (κ2) is 5.29. The number of pyridine rings is 1. The van der Waals surface area contributed by atoms with E-state index >= 15 is 0 Å². The largest absolute Gasteiger partial charge is 0.311 e. The second-order valence-electron chi connectivity index (χ2n) is 3.06. The molecule has 1 rings (SSSR count). The summed E-state index contributed by atoms with van der Waals surface area (Å²) in [5, 5.41) is 2.76. The minimum atomic E-state index is 0.0283. The molecule has 0 saturated carbocycles. The van der Waals surface area contributed by atoms with E-state index in [2.05, 4.69) is 32.9 Å². The molecule has 0 aliphatic rings. The van der Waals surface area contributed by atoms with Crippen molar-refractivity contribution in [1.82, 2.24) is 4.98 Å². The molecule has 0 saturated heterocycles. The van der Waals surface area contributed by atoms with E-state index < -0.39 is 0 Å². The number of nitrogens with one attached hydrogen (secondary N) is 1. The van der Waals surface area contributed by atoms with E-state index in [9.17, 15) is 4.79 Å². The number of hydrogen-bond acceptors (Lipinski definition) is 2. The van der Waals surface area contributed by atoms with Gasteiger partial charge in [0.05, 0.1) is 5.69 Å². The van der Waals surface area contributed by atoms with Crippen molar-refractivity contribution in [2.45, 2.75) is 26.7 Å². The van der Waals surface area contributed by atoms with Crippen molar-refractivity contribution in [1.29, 1.82) is 0 Å². The number of carbonyl (C=O) groups excluding carboxylic acids is 1. The fourth-order valence-electron chi connectivity index (χ4n) is 1.05. The lowest BCUT2D eigenvalue weighted by molar-refractivity contribution is -0.116. The van der Waals surface area contributed by atoms with Crippen LogP contribution >= 0.6 is 22.6 Å². The van der Waals surface area contributed by atoms with Crippen LogP contribution in [0.2, 0.25) is 0 Å². The molecule has 1 N–H and O–H groups in total. The van der Waals surface area contributed by atoms with E-state index in [0.29, 0.717) is 12.2 Å². The van der Waals surface area contributed by atoms with Gasteiger partial charge in [0.1, 0.15) is 5.82 Å². The summed E-state index contributed by atoms with van der Waals surface area (Å²) in [6.45, 7) is 3.91. The predicted octanol–water partition coefficient (Wildman–Crippen LogP) is 2.73. The number of carbonyl (C=O) groups is 1. The van der Waals surface area contributed by atoms with Gasteiger partial charge in [-0.2, -0.15) is 0 Å². The number of halogens is 1. The molecule has 76 valence electrons. The molecule has 0 radical (unpaired) electrons. The van der Waals surface area contributed by atoms with Crippen molar-refractivity contribution >= 4 is 34.3 Å². The molecule has 1 amide bonds. The Bertz CT molecular complexity index is 339. The minimum absolute atomic E-state index is 0.0283. The van der Waals surface area contributed by atoms with E-state index in [1.165, 1.54) is 0 Å². The molecule has 0 fully saturated rings. The molecule has 0 unspecified atom stereocenters. The van der Waals surface area contributed by atoms with Gasteiger partial charge in [0, 0.05) is 9.99 Å². The Labute approximate surface area is 97.4 Å².